The Labute approximate surface area is 167 Å². The summed E-state index contributed by atoms with van der Waals surface area (Å²) in [6.07, 6.45) is 4.17. The number of rotatable bonds is 4. The van der Waals surface area contributed by atoms with E-state index in [0.29, 0.717) is 18.0 Å². The highest BCUT2D eigenvalue weighted by Gasteiger charge is 2.36. The van der Waals surface area contributed by atoms with Crippen molar-refractivity contribution in [1.29, 1.82) is 0 Å². The van der Waals surface area contributed by atoms with Crippen molar-refractivity contribution >= 4 is 21.6 Å². The molecule has 1 saturated heterocycles. The van der Waals surface area contributed by atoms with Crippen LogP contribution in [-0.4, -0.2) is 37.8 Å². The molecule has 4 rings (SSSR count). The average Bonchev–Trinajstić information content (AvgIpc) is 3.16. The number of sulfonamides is 1. The maximum atomic E-state index is 13.4. The number of aryl methyl sites for hydroxylation is 1. The Morgan fingerprint density at radius 1 is 1.07 bits per heavy atom. The number of hydrogen-bond donors (Lipinski definition) is 0. The highest BCUT2D eigenvalue weighted by Crippen LogP contribution is 2.33. The molecule has 0 radical (unpaired) electrons. The van der Waals surface area contributed by atoms with Gasteiger partial charge in [0.05, 0.1) is 4.90 Å². The summed E-state index contributed by atoms with van der Waals surface area (Å²) in [5.74, 6) is -0.000903. The van der Waals surface area contributed by atoms with Gasteiger partial charge in [-0.05, 0) is 61.4 Å². The Morgan fingerprint density at radius 2 is 1.86 bits per heavy atom. The van der Waals surface area contributed by atoms with Gasteiger partial charge in [-0.2, -0.15) is 4.31 Å². The summed E-state index contributed by atoms with van der Waals surface area (Å²) >= 11 is 0. The number of nitrogens with zero attached hydrogens (tertiary/aromatic N) is 2. The monoisotopic (exact) mass is 398 g/mol. The van der Waals surface area contributed by atoms with E-state index in [4.69, 9.17) is 0 Å². The number of amides is 1. The minimum Gasteiger partial charge on any atom is -0.312 e. The highest BCUT2D eigenvalue weighted by molar-refractivity contribution is 7.89. The van der Waals surface area contributed by atoms with E-state index < -0.39 is 10.0 Å². The molecule has 0 saturated carbocycles. The smallest absolute Gasteiger partial charge is 0.243 e. The van der Waals surface area contributed by atoms with Crippen LogP contribution in [0.25, 0.3) is 0 Å². The third kappa shape index (κ3) is 3.59. The van der Waals surface area contributed by atoms with Crippen molar-refractivity contribution in [3.05, 3.63) is 59.7 Å². The van der Waals surface area contributed by atoms with Crippen molar-refractivity contribution in [3.63, 3.8) is 0 Å². The number of carbonyl (C=O) groups excluding carboxylic acids is 1. The standard InChI is InChI=1S/C22H26N2O3S/c1-17(25)23-13-5-9-19-16-21(11-12-22(19)23)28(26,27)24-14-6-10-20(24)15-18-7-3-2-4-8-18/h2-4,7-8,11-12,16,20H,5-6,9-10,13-15H2,1H3. The van der Waals surface area contributed by atoms with Crippen LogP contribution in [0.4, 0.5) is 5.69 Å². The first kappa shape index (κ1) is 19.2. The van der Waals surface area contributed by atoms with Gasteiger partial charge in [-0.3, -0.25) is 4.79 Å². The minimum atomic E-state index is -3.55. The molecule has 0 aliphatic carbocycles. The first-order valence-corrected chi connectivity index (χ1v) is 11.4. The molecular weight excluding hydrogens is 372 g/mol. The fourth-order valence-corrected chi connectivity index (χ4v) is 6.16. The molecule has 0 bridgehead atoms. The Bertz CT molecular complexity index is 973. The molecule has 2 heterocycles. The summed E-state index contributed by atoms with van der Waals surface area (Å²) in [6.45, 7) is 2.81. The maximum absolute atomic E-state index is 13.4. The molecule has 2 aromatic carbocycles. The topological polar surface area (TPSA) is 57.7 Å². The molecule has 1 atom stereocenters. The van der Waals surface area contributed by atoms with E-state index in [-0.39, 0.29) is 11.9 Å². The number of benzene rings is 2. The average molecular weight is 399 g/mol. The van der Waals surface area contributed by atoms with Gasteiger partial charge >= 0.3 is 0 Å². The number of hydrogen-bond acceptors (Lipinski definition) is 3. The van der Waals surface area contributed by atoms with Gasteiger partial charge in [0, 0.05) is 31.7 Å². The van der Waals surface area contributed by atoms with E-state index in [0.717, 1.165) is 48.9 Å². The Kier molecular flexibility index (Phi) is 5.25. The predicted molar refractivity (Wildman–Crippen MR) is 110 cm³/mol. The second-order valence-corrected chi connectivity index (χ2v) is 9.56. The van der Waals surface area contributed by atoms with E-state index >= 15 is 0 Å². The van der Waals surface area contributed by atoms with Crippen molar-refractivity contribution in [2.24, 2.45) is 0 Å². The SMILES string of the molecule is CC(=O)N1CCCc2cc(S(=O)(=O)N3CCCC3Cc3ccccc3)ccc21. The summed E-state index contributed by atoms with van der Waals surface area (Å²) in [5, 5.41) is 0. The maximum Gasteiger partial charge on any atom is 0.243 e. The van der Waals surface area contributed by atoms with E-state index in [2.05, 4.69) is 12.1 Å². The third-order valence-corrected chi connectivity index (χ3v) is 7.74. The molecule has 148 valence electrons. The van der Waals surface area contributed by atoms with Crippen LogP contribution in [0.15, 0.2) is 53.4 Å². The molecule has 1 fully saturated rings. The molecule has 28 heavy (non-hydrogen) atoms. The second-order valence-electron chi connectivity index (χ2n) is 7.67. The number of carbonyl (C=O) groups is 1. The largest absolute Gasteiger partial charge is 0.312 e. The van der Waals surface area contributed by atoms with Gasteiger partial charge in [-0.1, -0.05) is 30.3 Å². The second kappa shape index (κ2) is 7.68. The van der Waals surface area contributed by atoms with Crippen LogP contribution in [0.2, 0.25) is 0 Å². The van der Waals surface area contributed by atoms with Gasteiger partial charge in [-0.25, -0.2) is 8.42 Å². The zero-order chi connectivity index (χ0) is 19.7. The summed E-state index contributed by atoms with van der Waals surface area (Å²) in [7, 11) is -3.55. The van der Waals surface area contributed by atoms with Gasteiger partial charge < -0.3 is 4.90 Å². The zero-order valence-electron chi connectivity index (χ0n) is 16.2. The molecule has 2 aromatic rings. The van der Waals surface area contributed by atoms with Crippen LogP contribution in [0, 0.1) is 0 Å². The van der Waals surface area contributed by atoms with Gasteiger partial charge in [0.1, 0.15) is 0 Å². The lowest BCUT2D eigenvalue weighted by Gasteiger charge is -2.30. The van der Waals surface area contributed by atoms with E-state index in [1.807, 2.05) is 18.2 Å². The highest BCUT2D eigenvalue weighted by atomic mass is 32.2. The van der Waals surface area contributed by atoms with E-state index in [9.17, 15) is 13.2 Å². The van der Waals surface area contributed by atoms with E-state index in [1.54, 1.807) is 34.3 Å². The zero-order valence-corrected chi connectivity index (χ0v) is 17.0. The summed E-state index contributed by atoms with van der Waals surface area (Å²) in [5.41, 5.74) is 2.96. The van der Waals surface area contributed by atoms with Crippen LogP contribution >= 0.6 is 0 Å². The number of fused-ring (bicyclic) bond motifs is 1. The normalized spacial score (nSPS) is 20.2. The third-order valence-electron chi connectivity index (χ3n) is 5.79. The van der Waals surface area contributed by atoms with Crippen LogP contribution in [0.3, 0.4) is 0 Å². The van der Waals surface area contributed by atoms with Crippen molar-refractivity contribution < 1.29 is 13.2 Å². The molecule has 0 N–H and O–H groups in total. The Hall–Kier alpha value is -2.18. The lowest BCUT2D eigenvalue weighted by atomic mass is 10.0. The quantitative estimate of drug-likeness (QED) is 0.793. The molecule has 1 amide bonds. The van der Waals surface area contributed by atoms with Crippen molar-refractivity contribution in [1.82, 2.24) is 4.31 Å². The van der Waals surface area contributed by atoms with Crippen LogP contribution in [0.5, 0.6) is 0 Å². The molecule has 0 aromatic heterocycles. The van der Waals surface area contributed by atoms with Gasteiger partial charge in [0.2, 0.25) is 15.9 Å². The lowest BCUT2D eigenvalue weighted by Crippen LogP contribution is -2.37. The van der Waals surface area contributed by atoms with Crippen LogP contribution in [-0.2, 0) is 27.7 Å². The molecule has 2 aliphatic rings. The summed E-state index contributed by atoms with van der Waals surface area (Å²) in [6, 6.07) is 15.3. The Balaban J connectivity index is 1.62. The fraction of sp³-hybridized carbons (Fsp3) is 0.409. The van der Waals surface area contributed by atoms with Crippen molar-refractivity contribution in [3.8, 4) is 0 Å². The van der Waals surface area contributed by atoms with Crippen molar-refractivity contribution in [2.75, 3.05) is 18.0 Å². The van der Waals surface area contributed by atoms with Gasteiger partial charge in [-0.15, -0.1) is 0 Å². The molecule has 1 unspecified atom stereocenters. The predicted octanol–water partition coefficient (Wildman–Crippen LogP) is 3.38. The fourth-order valence-electron chi connectivity index (χ4n) is 4.41. The molecule has 2 aliphatic heterocycles. The van der Waals surface area contributed by atoms with Crippen molar-refractivity contribution in [2.45, 2.75) is 50.0 Å². The van der Waals surface area contributed by atoms with Gasteiger partial charge in [0.25, 0.3) is 0 Å². The molecule has 0 spiro atoms. The van der Waals surface area contributed by atoms with Crippen LogP contribution < -0.4 is 4.90 Å². The van der Waals surface area contributed by atoms with E-state index in [1.165, 1.54) is 0 Å². The molecular formula is C22H26N2O3S. The summed E-state index contributed by atoms with van der Waals surface area (Å²) in [4.78, 5) is 14.0. The van der Waals surface area contributed by atoms with Gasteiger partial charge in [0.15, 0.2) is 0 Å². The lowest BCUT2D eigenvalue weighted by molar-refractivity contribution is -0.116. The first-order chi connectivity index (χ1) is 13.5. The molecule has 5 nitrogen and oxygen atoms in total. The first-order valence-electron chi connectivity index (χ1n) is 9.93. The molecule has 6 heteroatoms. The minimum absolute atomic E-state index is 0.000903. The van der Waals surface area contributed by atoms with Crippen LogP contribution in [0.1, 0.15) is 37.3 Å². The Morgan fingerprint density at radius 3 is 2.61 bits per heavy atom. The summed E-state index contributed by atoms with van der Waals surface area (Å²) < 4.78 is 28.4. The number of anilines is 1.